The van der Waals surface area contributed by atoms with Crippen LogP contribution in [0.15, 0.2) is 30.9 Å². The first-order valence-corrected chi connectivity index (χ1v) is 6.96. The van der Waals surface area contributed by atoms with Crippen molar-refractivity contribution in [2.75, 3.05) is 10.6 Å². The maximum atomic E-state index is 13.6. The Morgan fingerprint density at radius 2 is 2.10 bits per heavy atom. The zero-order valence-corrected chi connectivity index (χ0v) is 12.2. The van der Waals surface area contributed by atoms with Gasteiger partial charge in [-0.15, -0.1) is 0 Å². The topological polar surface area (TPSA) is 58.2 Å². The van der Waals surface area contributed by atoms with Gasteiger partial charge < -0.3 is 10.6 Å². The molecule has 1 aliphatic carbocycles. The van der Waals surface area contributed by atoms with Crippen molar-refractivity contribution >= 4 is 23.2 Å². The minimum atomic E-state index is -0.560. The molecule has 0 radical (unpaired) electrons. The Bertz CT molecular complexity index is 584. The van der Waals surface area contributed by atoms with Crippen LogP contribution in [0.4, 0.5) is 15.8 Å². The van der Waals surface area contributed by atoms with E-state index in [2.05, 4.69) is 31.1 Å². The lowest BCUT2D eigenvalue weighted by atomic mass is 10.1. The fourth-order valence-electron chi connectivity index (χ4n) is 2.37. The summed E-state index contributed by atoms with van der Waals surface area (Å²) in [7, 11) is 0. The molecule has 2 N–H and O–H groups in total. The molecule has 1 aromatic carbocycles. The molecule has 0 unspecified atom stereocenters. The number of hydrogen-bond donors (Lipinski definition) is 2. The average molecular weight is 290 g/mol. The Balaban J connectivity index is 2.04. The number of benzene rings is 1. The first-order chi connectivity index (χ1) is 9.92. The predicted octanol–water partition coefficient (Wildman–Crippen LogP) is 3.18. The van der Waals surface area contributed by atoms with Crippen LogP contribution in [0.25, 0.3) is 0 Å². The highest BCUT2D eigenvalue weighted by molar-refractivity contribution is 6.00. The Morgan fingerprint density at radius 1 is 1.38 bits per heavy atom. The second-order valence-corrected chi connectivity index (χ2v) is 5.63. The smallest absolute Gasteiger partial charge is 0.247 e. The van der Waals surface area contributed by atoms with E-state index in [1.807, 2.05) is 0 Å². The number of nitrogens with one attached hydrogen (secondary N) is 2. The number of anilines is 2. The van der Waals surface area contributed by atoms with E-state index in [0.29, 0.717) is 17.5 Å². The van der Waals surface area contributed by atoms with Crippen molar-refractivity contribution in [2.45, 2.75) is 20.3 Å². The number of rotatable bonds is 5. The van der Waals surface area contributed by atoms with Crippen molar-refractivity contribution in [3.8, 4) is 0 Å². The molecule has 1 aliphatic rings. The average Bonchev–Trinajstić information content (AvgIpc) is 3.23. The number of carbonyl (C=O) groups excluding carboxylic acids is 2. The molecule has 21 heavy (non-hydrogen) atoms. The Labute approximate surface area is 123 Å². The lowest BCUT2D eigenvalue weighted by Gasteiger charge is -2.09. The fourth-order valence-corrected chi connectivity index (χ4v) is 2.37. The molecule has 0 heterocycles. The van der Waals surface area contributed by atoms with Gasteiger partial charge in [0.1, 0.15) is 5.82 Å². The Morgan fingerprint density at radius 3 is 2.67 bits per heavy atom. The molecule has 0 bridgehead atoms. The molecular weight excluding hydrogens is 271 g/mol. The van der Waals surface area contributed by atoms with Gasteiger partial charge >= 0.3 is 0 Å². The van der Waals surface area contributed by atoms with E-state index in [1.54, 1.807) is 0 Å². The van der Waals surface area contributed by atoms with Crippen LogP contribution in [-0.2, 0) is 9.59 Å². The highest BCUT2D eigenvalue weighted by Crippen LogP contribution is 2.44. The minimum Gasteiger partial charge on any atom is -0.326 e. The molecule has 4 nitrogen and oxygen atoms in total. The van der Waals surface area contributed by atoms with Gasteiger partial charge in [0.2, 0.25) is 11.8 Å². The minimum absolute atomic E-state index is 0.0221. The number of amides is 2. The number of hydrogen-bond acceptors (Lipinski definition) is 2. The molecule has 0 spiro atoms. The van der Waals surface area contributed by atoms with Gasteiger partial charge in [-0.2, -0.15) is 0 Å². The van der Waals surface area contributed by atoms with Crippen LogP contribution in [0.3, 0.4) is 0 Å². The molecule has 112 valence electrons. The predicted molar refractivity (Wildman–Crippen MR) is 80.3 cm³/mol. The largest absolute Gasteiger partial charge is 0.326 e. The van der Waals surface area contributed by atoms with Crippen molar-refractivity contribution in [3.05, 3.63) is 36.7 Å². The molecule has 2 amide bonds. The van der Waals surface area contributed by atoms with Crippen LogP contribution in [0, 0.1) is 23.6 Å². The summed E-state index contributed by atoms with van der Waals surface area (Å²) in [5.74, 6) is -0.182. The first kappa shape index (κ1) is 15.2. The van der Waals surface area contributed by atoms with E-state index in [0.717, 1.165) is 12.5 Å². The number of halogens is 1. The van der Waals surface area contributed by atoms with E-state index in [-0.39, 0.29) is 17.5 Å². The third-order valence-corrected chi connectivity index (χ3v) is 3.71. The molecule has 1 saturated carbocycles. The monoisotopic (exact) mass is 290 g/mol. The highest BCUT2D eigenvalue weighted by Gasteiger charge is 2.44. The molecule has 1 fully saturated rings. The van der Waals surface area contributed by atoms with Gasteiger partial charge in [-0.1, -0.05) is 20.4 Å². The molecule has 1 aromatic rings. The van der Waals surface area contributed by atoms with Gasteiger partial charge in [-0.3, -0.25) is 9.59 Å². The van der Waals surface area contributed by atoms with Crippen LogP contribution < -0.4 is 10.6 Å². The summed E-state index contributed by atoms with van der Waals surface area (Å²) >= 11 is 0. The van der Waals surface area contributed by atoms with Crippen LogP contribution in [0.5, 0.6) is 0 Å². The summed E-state index contributed by atoms with van der Waals surface area (Å²) in [5, 5.41) is 5.13. The zero-order chi connectivity index (χ0) is 15.6. The molecule has 0 saturated heterocycles. The maximum absolute atomic E-state index is 13.6. The third-order valence-electron chi connectivity index (χ3n) is 3.71. The van der Waals surface area contributed by atoms with Gasteiger partial charge in [0.25, 0.3) is 0 Å². The van der Waals surface area contributed by atoms with Gasteiger partial charge in [0.15, 0.2) is 0 Å². The summed E-state index contributed by atoms with van der Waals surface area (Å²) in [6.45, 7) is 7.50. The van der Waals surface area contributed by atoms with Gasteiger partial charge in [0, 0.05) is 11.6 Å². The van der Waals surface area contributed by atoms with Gasteiger partial charge in [-0.25, -0.2) is 4.39 Å². The molecule has 2 atom stereocenters. The summed E-state index contributed by atoms with van der Waals surface area (Å²) in [6, 6.07) is 4.09. The van der Waals surface area contributed by atoms with Crippen molar-refractivity contribution in [2.24, 2.45) is 17.8 Å². The maximum Gasteiger partial charge on any atom is 0.247 e. The van der Waals surface area contributed by atoms with E-state index < -0.39 is 11.7 Å². The third kappa shape index (κ3) is 3.68. The quantitative estimate of drug-likeness (QED) is 0.818. The summed E-state index contributed by atoms with van der Waals surface area (Å²) in [5.41, 5.74) is 0.490. The van der Waals surface area contributed by atoms with Crippen molar-refractivity contribution in [1.29, 1.82) is 0 Å². The van der Waals surface area contributed by atoms with Gasteiger partial charge in [0.05, 0.1) is 5.69 Å². The van der Waals surface area contributed by atoms with Gasteiger partial charge in [-0.05, 0) is 42.5 Å². The summed E-state index contributed by atoms with van der Waals surface area (Å²) in [4.78, 5) is 23.3. The van der Waals surface area contributed by atoms with Crippen molar-refractivity contribution in [1.82, 2.24) is 0 Å². The normalized spacial score (nSPS) is 20.0. The van der Waals surface area contributed by atoms with Crippen molar-refractivity contribution < 1.29 is 14.0 Å². The second kappa shape index (κ2) is 6.08. The Kier molecular flexibility index (Phi) is 4.40. The van der Waals surface area contributed by atoms with Crippen LogP contribution in [-0.4, -0.2) is 11.8 Å². The molecular formula is C16H19FN2O2. The highest BCUT2D eigenvalue weighted by atomic mass is 19.1. The van der Waals surface area contributed by atoms with E-state index in [9.17, 15) is 14.0 Å². The molecule has 0 aromatic heterocycles. The Hall–Kier alpha value is -2.17. The number of carbonyl (C=O) groups is 2. The van der Waals surface area contributed by atoms with E-state index in [1.165, 1.54) is 18.2 Å². The van der Waals surface area contributed by atoms with Crippen LogP contribution in [0.2, 0.25) is 0 Å². The van der Waals surface area contributed by atoms with Crippen LogP contribution in [0.1, 0.15) is 20.3 Å². The summed E-state index contributed by atoms with van der Waals surface area (Å²) < 4.78 is 13.6. The van der Waals surface area contributed by atoms with Crippen LogP contribution >= 0.6 is 0 Å². The standard InChI is InChI=1S/C16H19FN2O2/c1-4-15(20)19-14-7-10(5-6-13(14)17)18-16(21)12-8-11(12)9(2)3/h4-7,9,11-12H,1,8H2,2-3H3,(H,18,21)(H,19,20)/t11-,12+/m0/s1. The van der Waals surface area contributed by atoms with E-state index in [4.69, 9.17) is 0 Å². The molecule has 0 aliphatic heterocycles. The van der Waals surface area contributed by atoms with E-state index >= 15 is 0 Å². The second-order valence-electron chi connectivity index (χ2n) is 5.63. The lowest BCUT2D eigenvalue weighted by Crippen LogP contribution is -2.16. The molecule has 5 heteroatoms. The zero-order valence-electron chi connectivity index (χ0n) is 12.2. The van der Waals surface area contributed by atoms with Crippen molar-refractivity contribution in [3.63, 3.8) is 0 Å². The SMILES string of the molecule is C=CC(=O)Nc1cc(NC(=O)[C@@H]2C[C@H]2C(C)C)ccc1F. The fraction of sp³-hybridized carbons (Fsp3) is 0.375. The summed E-state index contributed by atoms with van der Waals surface area (Å²) in [6.07, 6.45) is 1.95. The first-order valence-electron chi connectivity index (χ1n) is 6.96. The molecule has 2 rings (SSSR count). The lowest BCUT2D eigenvalue weighted by molar-refractivity contribution is -0.117.